The summed E-state index contributed by atoms with van der Waals surface area (Å²) in [6.07, 6.45) is 3.72. The van der Waals surface area contributed by atoms with E-state index in [-0.39, 0.29) is 23.8 Å². The molecule has 0 bridgehead atoms. The van der Waals surface area contributed by atoms with E-state index in [4.69, 9.17) is 5.11 Å². The molecule has 0 aromatic heterocycles. The Morgan fingerprint density at radius 1 is 1.29 bits per heavy atom. The molecule has 0 heterocycles. The van der Waals surface area contributed by atoms with Crippen molar-refractivity contribution in [2.24, 2.45) is 5.92 Å². The van der Waals surface area contributed by atoms with E-state index in [9.17, 15) is 9.59 Å². The number of carboxylic acid groups (broad SMARTS) is 1. The Labute approximate surface area is 125 Å². The minimum Gasteiger partial charge on any atom is -0.481 e. The van der Waals surface area contributed by atoms with Gasteiger partial charge in [-0.1, -0.05) is 43.7 Å². The Balaban J connectivity index is 1.98. The number of nitrogens with one attached hydrogen (secondary N) is 1. The molecule has 0 radical (unpaired) electrons. The Kier molecular flexibility index (Phi) is 5.37. The summed E-state index contributed by atoms with van der Waals surface area (Å²) in [5, 5.41) is 12.1. The molecule has 4 heteroatoms. The van der Waals surface area contributed by atoms with Crippen molar-refractivity contribution in [2.45, 2.75) is 51.0 Å². The van der Waals surface area contributed by atoms with Crippen LogP contribution in [0.3, 0.4) is 0 Å². The van der Waals surface area contributed by atoms with Crippen LogP contribution >= 0.6 is 0 Å². The van der Waals surface area contributed by atoms with Crippen LogP contribution in [-0.4, -0.2) is 23.0 Å². The maximum atomic E-state index is 12.5. The molecule has 1 fully saturated rings. The van der Waals surface area contributed by atoms with Gasteiger partial charge in [-0.15, -0.1) is 0 Å². The van der Waals surface area contributed by atoms with Crippen molar-refractivity contribution >= 4 is 11.9 Å². The van der Waals surface area contributed by atoms with Crippen LogP contribution in [0.15, 0.2) is 30.3 Å². The second-order valence-electron chi connectivity index (χ2n) is 5.81. The van der Waals surface area contributed by atoms with Crippen molar-refractivity contribution in [3.05, 3.63) is 35.9 Å². The number of carbonyl (C=O) groups excluding carboxylic acids is 1. The van der Waals surface area contributed by atoms with E-state index in [0.29, 0.717) is 12.8 Å². The summed E-state index contributed by atoms with van der Waals surface area (Å²) in [6.45, 7) is 2.07. The number of amides is 1. The van der Waals surface area contributed by atoms with Crippen molar-refractivity contribution in [3.63, 3.8) is 0 Å². The van der Waals surface area contributed by atoms with Crippen LogP contribution in [0, 0.1) is 5.92 Å². The topological polar surface area (TPSA) is 66.4 Å². The van der Waals surface area contributed by atoms with Crippen LogP contribution < -0.4 is 5.32 Å². The van der Waals surface area contributed by atoms with Gasteiger partial charge in [0.2, 0.25) is 5.91 Å². The normalized spacial score (nSPS) is 22.7. The van der Waals surface area contributed by atoms with Crippen molar-refractivity contribution in [2.75, 3.05) is 0 Å². The molecule has 21 heavy (non-hydrogen) atoms. The molecular weight excluding hydrogens is 266 g/mol. The summed E-state index contributed by atoms with van der Waals surface area (Å²) >= 11 is 0. The molecular formula is C17H23NO3. The molecule has 0 saturated heterocycles. The molecule has 3 atom stereocenters. The highest BCUT2D eigenvalue weighted by atomic mass is 16.4. The second-order valence-corrected chi connectivity index (χ2v) is 5.81. The number of aliphatic carboxylic acids is 1. The summed E-state index contributed by atoms with van der Waals surface area (Å²) in [4.78, 5) is 23.5. The number of hydrogen-bond donors (Lipinski definition) is 2. The van der Waals surface area contributed by atoms with Gasteiger partial charge in [0.25, 0.3) is 0 Å². The molecule has 0 spiro atoms. The van der Waals surface area contributed by atoms with E-state index >= 15 is 0 Å². The maximum Gasteiger partial charge on any atom is 0.306 e. The molecule has 1 aliphatic rings. The highest BCUT2D eigenvalue weighted by molar-refractivity contribution is 5.84. The van der Waals surface area contributed by atoms with Crippen LogP contribution in [0.4, 0.5) is 0 Å². The number of benzene rings is 1. The SMILES string of the molecule is CCCC(C(=O)N[C@H]1CC[C@@H](C(=O)O)C1)c1ccccc1. The van der Waals surface area contributed by atoms with Gasteiger partial charge in [0.05, 0.1) is 11.8 Å². The van der Waals surface area contributed by atoms with E-state index in [1.165, 1.54) is 0 Å². The fraction of sp³-hybridized carbons (Fsp3) is 0.529. The van der Waals surface area contributed by atoms with Crippen LogP contribution in [0.2, 0.25) is 0 Å². The lowest BCUT2D eigenvalue weighted by molar-refractivity contribution is -0.141. The van der Waals surface area contributed by atoms with Gasteiger partial charge in [-0.25, -0.2) is 0 Å². The van der Waals surface area contributed by atoms with Gasteiger partial charge in [0.1, 0.15) is 0 Å². The Hall–Kier alpha value is -1.84. The van der Waals surface area contributed by atoms with Crippen LogP contribution in [-0.2, 0) is 9.59 Å². The summed E-state index contributed by atoms with van der Waals surface area (Å²) in [5.41, 5.74) is 1.03. The first-order chi connectivity index (χ1) is 10.1. The summed E-state index contributed by atoms with van der Waals surface area (Å²) < 4.78 is 0. The quantitative estimate of drug-likeness (QED) is 0.846. The Bertz CT molecular complexity index is 486. The maximum absolute atomic E-state index is 12.5. The molecule has 4 nitrogen and oxygen atoms in total. The molecule has 1 unspecified atom stereocenters. The molecule has 1 aromatic carbocycles. The third kappa shape index (κ3) is 4.06. The van der Waals surface area contributed by atoms with Crippen molar-refractivity contribution < 1.29 is 14.7 Å². The van der Waals surface area contributed by atoms with Crippen LogP contribution in [0.5, 0.6) is 0 Å². The molecule has 114 valence electrons. The lowest BCUT2D eigenvalue weighted by Gasteiger charge is -2.20. The van der Waals surface area contributed by atoms with Gasteiger partial charge in [-0.05, 0) is 31.2 Å². The molecule has 1 aromatic rings. The standard InChI is InChI=1S/C17H23NO3/c1-2-6-15(12-7-4-3-5-8-12)16(19)18-14-10-9-13(11-14)17(20)21/h3-5,7-8,13-15H,2,6,9-11H2,1H3,(H,18,19)(H,20,21)/t13-,14+,15?/m1/s1. The Morgan fingerprint density at radius 3 is 2.57 bits per heavy atom. The monoisotopic (exact) mass is 289 g/mol. The van der Waals surface area contributed by atoms with Crippen molar-refractivity contribution in [1.29, 1.82) is 0 Å². The lowest BCUT2D eigenvalue weighted by atomic mass is 9.93. The average molecular weight is 289 g/mol. The first kappa shape index (κ1) is 15.5. The highest BCUT2D eigenvalue weighted by Gasteiger charge is 2.32. The zero-order chi connectivity index (χ0) is 15.2. The minimum absolute atomic E-state index is 0.00154. The van der Waals surface area contributed by atoms with Gasteiger partial charge >= 0.3 is 5.97 Å². The minimum atomic E-state index is -0.750. The highest BCUT2D eigenvalue weighted by Crippen LogP contribution is 2.27. The number of hydrogen-bond acceptors (Lipinski definition) is 2. The van der Waals surface area contributed by atoms with Gasteiger partial charge in [0, 0.05) is 6.04 Å². The number of carboxylic acids is 1. The van der Waals surface area contributed by atoms with E-state index in [1.54, 1.807) is 0 Å². The fourth-order valence-corrected chi connectivity index (χ4v) is 3.06. The molecule has 0 aliphatic heterocycles. The second kappa shape index (κ2) is 7.25. The zero-order valence-corrected chi connectivity index (χ0v) is 12.4. The molecule has 2 rings (SSSR count). The van der Waals surface area contributed by atoms with Crippen molar-refractivity contribution in [3.8, 4) is 0 Å². The van der Waals surface area contributed by atoms with E-state index in [0.717, 1.165) is 24.8 Å². The molecule has 1 aliphatic carbocycles. The van der Waals surface area contributed by atoms with Crippen LogP contribution in [0.1, 0.15) is 50.5 Å². The van der Waals surface area contributed by atoms with E-state index in [1.807, 2.05) is 30.3 Å². The van der Waals surface area contributed by atoms with E-state index < -0.39 is 5.97 Å². The lowest BCUT2D eigenvalue weighted by Crippen LogP contribution is -2.37. The summed E-state index contributed by atoms with van der Waals surface area (Å²) in [6, 6.07) is 9.80. The third-order valence-corrected chi connectivity index (χ3v) is 4.22. The third-order valence-electron chi connectivity index (χ3n) is 4.22. The first-order valence-electron chi connectivity index (χ1n) is 7.70. The average Bonchev–Trinajstić information content (AvgIpc) is 2.94. The first-order valence-corrected chi connectivity index (χ1v) is 7.70. The molecule has 1 saturated carbocycles. The summed E-state index contributed by atoms with van der Waals surface area (Å²) in [7, 11) is 0. The van der Waals surface area contributed by atoms with Gasteiger partial charge in [-0.2, -0.15) is 0 Å². The smallest absolute Gasteiger partial charge is 0.306 e. The van der Waals surface area contributed by atoms with Crippen molar-refractivity contribution in [1.82, 2.24) is 5.32 Å². The number of carbonyl (C=O) groups is 2. The molecule has 2 N–H and O–H groups in total. The number of rotatable bonds is 6. The summed E-state index contributed by atoms with van der Waals surface area (Å²) in [5.74, 6) is -1.17. The van der Waals surface area contributed by atoms with E-state index in [2.05, 4.69) is 12.2 Å². The van der Waals surface area contributed by atoms with Gasteiger partial charge < -0.3 is 10.4 Å². The predicted molar refractivity (Wildman–Crippen MR) is 81.0 cm³/mol. The molecule has 1 amide bonds. The zero-order valence-electron chi connectivity index (χ0n) is 12.4. The Morgan fingerprint density at radius 2 is 2.00 bits per heavy atom. The largest absolute Gasteiger partial charge is 0.481 e. The fourth-order valence-electron chi connectivity index (χ4n) is 3.06. The van der Waals surface area contributed by atoms with Crippen LogP contribution in [0.25, 0.3) is 0 Å². The van der Waals surface area contributed by atoms with Gasteiger partial charge in [-0.3, -0.25) is 9.59 Å². The van der Waals surface area contributed by atoms with Gasteiger partial charge in [0.15, 0.2) is 0 Å². The predicted octanol–water partition coefficient (Wildman–Crippen LogP) is 2.94.